The Hall–Kier alpha value is -2.35. The summed E-state index contributed by atoms with van der Waals surface area (Å²) in [5.74, 6) is -2.56. The van der Waals surface area contributed by atoms with Crippen molar-refractivity contribution in [3.05, 3.63) is 59.3 Å². The number of benzene rings is 1. The highest BCUT2D eigenvalue weighted by molar-refractivity contribution is 5.67. The fourth-order valence-electron chi connectivity index (χ4n) is 1.39. The first-order chi connectivity index (χ1) is 8.13. The predicted molar refractivity (Wildman–Crippen MR) is 55.8 cm³/mol. The van der Waals surface area contributed by atoms with E-state index in [0.717, 1.165) is 24.3 Å². The number of hydrogen-bond acceptors (Lipinski definition) is 1. The van der Waals surface area contributed by atoms with Crippen molar-refractivity contribution in [1.29, 1.82) is 0 Å². The summed E-state index contributed by atoms with van der Waals surface area (Å²) in [5, 5.41) is 0. The van der Waals surface area contributed by atoms with Crippen LogP contribution in [0.3, 0.4) is 0 Å². The van der Waals surface area contributed by atoms with Crippen molar-refractivity contribution >= 4 is 5.69 Å². The van der Waals surface area contributed by atoms with Gasteiger partial charge >= 0.3 is 0 Å². The van der Waals surface area contributed by atoms with E-state index < -0.39 is 23.1 Å². The summed E-state index contributed by atoms with van der Waals surface area (Å²) in [6, 6.07) is 4.21. The minimum Gasteiger partial charge on any atom is -0.256 e. The van der Waals surface area contributed by atoms with Gasteiger partial charge in [-0.25, -0.2) is 18.0 Å². The number of aromatic nitrogens is 1. The molecule has 0 unspecified atom stereocenters. The van der Waals surface area contributed by atoms with Crippen molar-refractivity contribution in [2.75, 3.05) is 0 Å². The summed E-state index contributed by atoms with van der Waals surface area (Å²) < 4.78 is 39.8. The maximum Gasteiger partial charge on any atom is 0.257 e. The van der Waals surface area contributed by atoms with Gasteiger partial charge in [0.25, 0.3) is 5.69 Å². The Labute approximate surface area is 95.2 Å². The largest absolute Gasteiger partial charge is 0.257 e. The lowest BCUT2D eigenvalue weighted by Crippen LogP contribution is -1.91. The molecule has 2 aromatic rings. The molecule has 1 aromatic carbocycles. The molecule has 0 fully saturated rings. The maximum absolute atomic E-state index is 13.7. The number of nitrogens with zero attached hydrogens (tertiary/aromatic N) is 2. The van der Waals surface area contributed by atoms with E-state index in [1.807, 2.05) is 0 Å². The van der Waals surface area contributed by atoms with Crippen LogP contribution in [0.15, 0.2) is 30.5 Å². The van der Waals surface area contributed by atoms with Crippen LogP contribution in [0.25, 0.3) is 16.1 Å². The first kappa shape index (κ1) is 11.1. The van der Waals surface area contributed by atoms with Gasteiger partial charge in [0, 0.05) is 17.8 Å². The minimum atomic E-state index is -1.03. The molecule has 0 saturated heterocycles. The third-order valence-electron chi connectivity index (χ3n) is 2.18. The van der Waals surface area contributed by atoms with Gasteiger partial charge < -0.3 is 0 Å². The zero-order valence-electron chi connectivity index (χ0n) is 8.42. The standard InChI is InChI=1S/C12H5F3N2/c1-16-12-9(14)3-2-8(11(12)15)10-6-7(13)4-5-17-10/h2-6H. The van der Waals surface area contributed by atoms with Crippen LogP contribution in [-0.2, 0) is 0 Å². The Morgan fingerprint density at radius 1 is 1.12 bits per heavy atom. The normalized spacial score (nSPS) is 10.0. The van der Waals surface area contributed by atoms with E-state index in [0.29, 0.717) is 0 Å². The average Bonchev–Trinajstić information content (AvgIpc) is 2.29. The lowest BCUT2D eigenvalue weighted by atomic mass is 10.1. The lowest BCUT2D eigenvalue weighted by molar-refractivity contribution is 0.595. The van der Waals surface area contributed by atoms with Gasteiger partial charge in [-0.2, -0.15) is 0 Å². The molecule has 0 aliphatic rings. The van der Waals surface area contributed by atoms with Crippen molar-refractivity contribution in [2.24, 2.45) is 0 Å². The van der Waals surface area contributed by atoms with Gasteiger partial charge in [-0.3, -0.25) is 4.98 Å². The lowest BCUT2D eigenvalue weighted by Gasteiger charge is -2.04. The van der Waals surface area contributed by atoms with Crippen LogP contribution < -0.4 is 0 Å². The number of rotatable bonds is 1. The van der Waals surface area contributed by atoms with E-state index in [1.165, 1.54) is 6.20 Å². The summed E-state index contributed by atoms with van der Waals surface area (Å²) in [6.07, 6.45) is 1.17. The molecule has 0 aliphatic carbocycles. The van der Waals surface area contributed by atoms with Crippen LogP contribution in [0.1, 0.15) is 0 Å². The Morgan fingerprint density at radius 2 is 1.88 bits per heavy atom. The number of halogens is 3. The van der Waals surface area contributed by atoms with Crippen LogP contribution in [0.4, 0.5) is 18.9 Å². The highest BCUT2D eigenvalue weighted by atomic mass is 19.1. The Kier molecular flexibility index (Phi) is 2.79. The van der Waals surface area contributed by atoms with Gasteiger partial charge in [0.15, 0.2) is 0 Å². The molecule has 0 atom stereocenters. The molecule has 2 nitrogen and oxygen atoms in total. The average molecular weight is 234 g/mol. The van der Waals surface area contributed by atoms with Crippen molar-refractivity contribution in [3.8, 4) is 11.3 Å². The fraction of sp³-hybridized carbons (Fsp3) is 0. The van der Waals surface area contributed by atoms with Gasteiger partial charge in [0.1, 0.15) is 17.5 Å². The van der Waals surface area contributed by atoms with Crippen LogP contribution in [-0.4, -0.2) is 4.98 Å². The summed E-state index contributed by atoms with van der Waals surface area (Å²) >= 11 is 0. The third-order valence-corrected chi connectivity index (χ3v) is 2.18. The molecule has 0 N–H and O–H groups in total. The number of pyridine rings is 1. The van der Waals surface area contributed by atoms with Gasteiger partial charge in [0.05, 0.1) is 12.3 Å². The SMILES string of the molecule is [C-]#[N+]c1c(F)ccc(-c2cc(F)ccn2)c1F. The topological polar surface area (TPSA) is 17.2 Å². The summed E-state index contributed by atoms with van der Waals surface area (Å²) in [5.41, 5.74) is -0.794. The zero-order valence-corrected chi connectivity index (χ0v) is 8.42. The van der Waals surface area contributed by atoms with E-state index in [9.17, 15) is 13.2 Å². The fourth-order valence-corrected chi connectivity index (χ4v) is 1.39. The maximum atomic E-state index is 13.7. The molecular weight excluding hydrogens is 229 g/mol. The second kappa shape index (κ2) is 4.26. The molecule has 17 heavy (non-hydrogen) atoms. The van der Waals surface area contributed by atoms with E-state index in [1.54, 1.807) is 0 Å². The Balaban J connectivity index is 2.66. The van der Waals surface area contributed by atoms with E-state index >= 15 is 0 Å². The van der Waals surface area contributed by atoms with E-state index in [2.05, 4.69) is 9.83 Å². The van der Waals surface area contributed by atoms with E-state index in [4.69, 9.17) is 6.57 Å². The first-order valence-corrected chi connectivity index (χ1v) is 4.61. The van der Waals surface area contributed by atoms with Crippen LogP contribution >= 0.6 is 0 Å². The monoisotopic (exact) mass is 234 g/mol. The zero-order chi connectivity index (χ0) is 12.4. The Morgan fingerprint density at radius 3 is 2.53 bits per heavy atom. The summed E-state index contributed by atoms with van der Waals surface area (Å²) in [7, 11) is 0. The predicted octanol–water partition coefficient (Wildman–Crippen LogP) is 3.72. The van der Waals surface area contributed by atoms with Crippen LogP contribution in [0.2, 0.25) is 0 Å². The van der Waals surface area contributed by atoms with Gasteiger partial charge in [0.2, 0.25) is 0 Å². The molecule has 0 bridgehead atoms. The quantitative estimate of drug-likeness (QED) is 0.687. The molecule has 5 heteroatoms. The highest BCUT2D eigenvalue weighted by Crippen LogP contribution is 2.30. The summed E-state index contributed by atoms with van der Waals surface area (Å²) in [4.78, 5) is 6.53. The van der Waals surface area contributed by atoms with Crippen molar-refractivity contribution in [1.82, 2.24) is 4.98 Å². The first-order valence-electron chi connectivity index (χ1n) is 4.61. The van der Waals surface area contributed by atoms with Gasteiger partial charge in [-0.05, 0) is 18.2 Å². The molecule has 2 rings (SSSR count). The van der Waals surface area contributed by atoms with Crippen molar-refractivity contribution in [2.45, 2.75) is 0 Å². The van der Waals surface area contributed by atoms with Crippen LogP contribution in [0, 0.1) is 24.0 Å². The molecular formula is C12H5F3N2. The second-order valence-electron chi connectivity index (χ2n) is 3.23. The minimum absolute atomic E-state index is 0.0207. The van der Waals surface area contributed by atoms with Gasteiger partial charge in [-0.1, -0.05) is 0 Å². The summed E-state index contributed by atoms with van der Waals surface area (Å²) in [6.45, 7) is 6.68. The highest BCUT2D eigenvalue weighted by Gasteiger charge is 2.15. The molecule has 0 spiro atoms. The molecule has 0 radical (unpaired) electrons. The van der Waals surface area contributed by atoms with Crippen LogP contribution in [0.5, 0.6) is 0 Å². The van der Waals surface area contributed by atoms with Crippen molar-refractivity contribution in [3.63, 3.8) is 0 Å². The van der Waals surface area contributed by atoms with E-state index in [-0.39, 0.29) is 11.3 Å². The molecule has 0 aliphatic heterocycles. The number of hydrogen-bond donors (Lipinski definition) is 0. The molecule has 0 amide bonds. The molecule has 1 aromatic heterocycles. The molecule has 84 valence electrons. The smallest absolute Gasteiger partial charge is 0.256 e. The molecule has 1 heterocycles. The second-order valence-corrected chi connectivity index (χ2v) is 3.23. The van der Waals surface area contributed by atoms with Crippen molar-refractivity contribution < 1.29 is 13.2 Å². The Bertz CT molecular complexity index is 618. The third kappa shape index (κ3) is 1.97. The molecule has 0 saturated carbocycles. The van der Waals surface area contributed by atoms with Gasteiger partial charge in [-0.15, -0.1) is 0 Å².